The van der Waals surface area contributed by atoms with Crippen molar-refractivity contribution in [3.8, 4) is 0 Å². The van der Waals surface area contributed by atoms with Gasteiger partial charge < -0.3 is 25.2 Å². The molecule has 1 amide bonds. The number of guanidine groups is 1. The second-order valence-corrected chi connectivity index (χ2v) is 6.53. The number of rotatable bonds is 9. The molecule has 0 aromatic rings. The number of nitrogens with zero attached hydrogens (tertiary/aromatic N) is 3. The number of hydrogen-bond acceptors (Lipinski definition) is 4. The maximum Gasteiger partial charge on any atom is 0.243 e. The summed E-state index contributed by atoms with van der Waals surface area (Å²) in [5.41, 5.74) is 0. The highest BCUT2D eigenvalue weighted by molar-refractivity contribution is 14.0. The minimum absolute atomic E-state index is 0. The maximum atomic E-state index is 11.7. The average Bonchev–Trinajstić information content (AvgIpc) is 2.57. The van der Waals surface area contributed by atoms with E-state index in [1.807, 2.05) is 0 Å². The van der Waals surface area contributed by atoms with Crippen LogP contribution in [0.4, 0.5) is 0 Å². The monoisotopic (exact) mass is 469 g/mol. The number of ether oxygens (including phenoxy) is 1. The largest absolute Gasteiger partial charge is 0.383 e. The number of hydrogen-bond donors (Lipinski definition) is 2. The van der Waals surface area contributed by atoms with Gasteiger partial charge in [-0.05, 0) is 32.7 Å². The number of methoxy groups -OCH3 is 1. The molecule has 0 aromatic carbocycles. The number of nitrogens with one attached hydrogen (secondary N) is 2. The summed E-state index contributed by atoms with van der Waals surface area (Å²) in [6.45, 7) is 6.91. The summed E-state index contributed by atoms with van der Waals surface area (Å²) in [4.78, 5) is 20.1. The summed E-state index contributed by atoms with van der Waals surface area (Å²) >= 11 is 0. The second kappa shape index (κ2) is 14.5. The molecule has 1 heterocycles. The third-order valence-electron chi connectivity index (χ3n) is 4.32. The van der Waals surface area contributed by atoms with Gasteiger partial charge in [0.15, 0.2) is 5.96 Å². The summed E-state index contributed by atoms with van der Waals surface area (Å²) in [6, 6.07) is 0.699. The summed E-state index contributed by atoms with van der Waals surface area (Å²) < 4.78 is 5.05. The molecule has 0 saturated carbocycles. The van der Waals surface area contributed by atoms with Crippen molar-refractivity contribution < 1.29 is 9.53 Å². The van der Waals surface area contributed by atoms with Crippen LogP contribution in [0.25, 0.3) is 0 Å². The quantitative estimate of drug-likeness (QED) is 0.230. The molecule has 1 saturated heterocycles. The Kier molecular flexibility index (Phi) is 14.2. The fourth-order valence-electron chi connectivity index (χ4n) is 2.71. The normalized spacial score (nSPS) is 18.4. The van der Waals surface area contributed by atoms with Crippen molar-refractivity contribution in [3.05, 3.63) is 0 Å². The van der Waals surface area contributed by atoms with Gasteiger partial charge >= 0.3 is 0 Å². The molecule has 0 radical (unpaired) electrons. The van der Waals surface area contributed by atoms with Crippen molar-refractivity contribution in [2.45, 2.75) is 38.6 Å². The lowest BCUT2D eigenvalue weighted by atomic mass is 10.0. The van der Waals surface area contributed by atoms with E-state index in [9.17, 15) is 4.79 Å². The molecule has 1 fully saturated rings. The molecule has 148 valence electrons. The number of piperidine rings is 1. The summed E-state index contributed by atoms with van der Waals surface area (Å²) in [7, 11) is 5.15. The third kappa shape index (κ3) is 10.9. The standard InChI is InChI=1S/C17H35N5O2.HI/c1-15-8-5-6-11-22(15)12-7-9-18-17(19-10-13-24-4)20-14-16(23)21(2)3;/h15H,5-14H2,1-4H3,(H2,18,19,20);1H. The number of carbonyl (C=O) groups excluding carboxylic acids is 1. The van der Waals surface area contributed by atoms with Gasteiger partial charge in [-0.2, -0.15) is 0 Å². The van der Waals surface area contributed by atoms with Gasteiger partial charge in [-0.25, -0.2) is 4.99 Å². The molecule has 0 aromatic heterocycles. The predicted molar refractivity (Wildman–Crippen MR) is 114 cm³/mol. The van der Waals surface area contributed by atoms with Crippen molar-refractivity contribution in [3.63, 3.8) is 0 Å². The molecule has 0 bridgehead atoms. The van der Waals surface area contributed by atoms with E-state index in [-0.39, 0.29) is 36.4 Å². The van der Waals surface area contributed by atoms with Crippen LogP contribution >= 0.6 is 24.0 Å². The number of amides is 1. The van der Waals surface area contributed by atoms with Crippen LogP contribution in [0.3, 0.4) is 0 Å². The molecular formula is C17H36IN5O2. The third-order valence-corrected chi connectivity index (χ3v) is 4.32. The van der Waals surface area contributed by atoms with Crippen molar-refractivity contribution in [1.29, 1.82) is 0 Å². The minimum Gasteiger partial charge on any atom is -0.383 e. The summed E-state index contributed by atoms with van der Waals surface area (Å²) in [6.07, 6.45) is 5.05. The lowest BCUT2D eigenvalue weighted by molar-refractivity contribution is -0.127. The first-order chi connectivity index (χ1) is 11.5. The predicted octanol–water partition coefficient (Wildman–Crippen LogP) is 1.14. The van der Waals surface area contributed by atoms with Crippen molar-refractivity contribution in [2.24, 2.45) is 4.99 Å². The number of likely N-dealkylation sites (tertiary alicyclic amines) is 1. The molecule has 1 atom stereocenters. The molecular weight excluding hydrogens is 433 g/mol. The van der Waals surface area contributed by atoms with E-state index in [4.69, 9.17) is 4.74 Å². The van der Waals surface area contributed by atoms with Gasteiger partial charge in [0.1, 0.15) is 6.54 Å². The molecule has 0 aliphatic carbocycles. The first kappa shape index (κ1) is 24.4. The zero-order valence-corrected chi connectivity index (χ0v) is 18.5. The van der Waals surface area contributed by atoms with Gasteiger partial charge in [0.2, 0.25) is 5.91 Å². The van der Waals surface area contributed by atoms with Gasteiger partial charge in [-0.15, -0.1) is 24.0 Å². The van der Waals surface area contributed by atoms with Crippen LogP contribution in [-0.2, 0) is 9.53 Å². The van der Waals surface area contributed by atoms with E-state index in [2.05, 4.69) is 27.4 Å². The van der Waals surface area contributed by atoms with Crippen LogP contribution in [0.1, 0.15) is 32.6 Å². The van der Waals surface area contributed by atoms with Crippen molar-refractivity contribution in [2.75, 3.05) is 60.5 Å². The Hall–Kier alpha value is -0.610. The van der Waals surface area contributed by atoms with Crippen LogP contribution in [0.5, 0.6) is 0 Å². The Morgan fingerprint density at radius 2 is 2.00 bits per heavy atom. The van der Waals surface area contributed by atoms with Crippen molar-refractivity contribution >= 4 is 35.8 Å². The molecule has 2 N–H and O–H groups in total. The number of aliphatic imine (C=N–C) groups is 1. The molecule has 1 aliphatic heterocycles. The lowest BCUT2D eigenvalue weighted by Gasteiger charge is -2.33. The maximum absolute atomic E-state index is 11.7. The van der Waals surface area contributed by atoms with Gasteiger partial charge in [0.05, 0.1) is 6.61 Å². The SMILES string of the molecule is COCCNC(=NCC(=O)N(C)C)NCCCN1CCCCC1C.I. The van der Waals surface area contributed by atoms with Gasteiger partial charge in [-0.3, -0.25) is 4.79 Å². The van der Waals surface area contributed by atoms with Crippen LogP contribution in [-0.4, -0.2) is 88.2 Å². The fraction of sp³-hybridized carbons (Fsp3) is 0.882. The highest BCUT2D eigenvalue weighted by atomic mass is 127. The molecule has 0 spiro atoms. The molecule has 7 nitrogen and oxygen atoms in total. The van der Waals surface area contributed by atoms with Gasteiger partial charge in [-0.1, -0.05) is 6.42 Å². The highest BCUT2D eigenvalue weighted by Gasteiger charge is 2.17. The lowest BCUT2D eigenvalue weighted by Crippen LogP contribution is -2.42. The topological polar surface area (TPSA) is 69.2 Å². The van der Waals surface area contributed by atoms with Crippen LogP contribution < -0.4 is 10.6 Å². The highest BCUT2D eigenvalue weighted by Crippen LogP contribution is 2.15. The Bertz CT molecular complexity index is 393. The second-order valence-electron chi connectivity index (χ2n) is 6.53. The molecule has 1 aliphatic rings. The Morgan fingerprint density at radius 3 is 2.64 bits per heavy atom. The van der Waals surface area contributed by atoms with E-state index in [1.165, 1.54) is 25.8 Å². The van der Waals surface area contributed by atoms with Crippen LogP contribution in [0, 0.1) is 0 Å². The van der Waals surface area contributed by atoms with E-state index >= 15 is 0 Å². The minimum atomic E-state index is -0.00927. The van der Waals surface area contributed by atoms with Gasteiger partial charge in [0, 0.05) is 46.9 Å². The van der Waals surface area contributed by atoms with Gasteiger partial charge in [0.25, 0.3) is 0 Å². The summed E-state index contributed by atoms with van der Waals surface area (Å²) in [5, 5.41) is 6.50. The molecule has 1 rings (SSSR count). The Morgan fingerprint density at radius 1 is 1.28 bits per heavy atom. The van der Waals surface area contributed by atoms with Crippen LogP contribution in [0.2, 0.25) is 0 Å². The van der Waals surface area contributed by atoms with Crippen molar-refractivity contribution in [1.82, 2.24) is 20.4 Å². The first-order valence-electron chi connectivity index (χ1n) is 9.00. The zero-order valence-electron chi connectivity index (χ0n) is 16.2. The molecule has 25 heavy (non-hydrogen) atoms. The summed E-state index contributed by atoms with van der Waals surface area (Å²) in [5.74, 6) is 0.666. The fourth-order valence-corrected chi connectivity index (χ4v) is 2.71. The molecule has 1 unspecified atom stereocenters. The number of carbonyl (C=O) groups is 1. The Labute approximate surface area is 170 Å². The van der Waals surface area contributed by atoms with E-state index < -0.39 is 0 Å². The number of likely N-dealkylation sites (N-methyl/N-ethyl adjacent to an activating group) is 1. The van der Waals surface area contributed by atoms with Crippen LogP contribution in [0.15, 0.2) is 4.99 Å². The zero-order chi connectivity index (χ0) is 17.8. The van der Waals surface area contributed by atoms with E-state index in [0.717, 1.165) is 19.5 Å². The smallest absolute Gasteiger partial charge is 0.243 e. The van der Waals surface area contributed by atoms with E-state index in [1.54, 1.807) is 26.1 Å². The van der Waals surface area contributed by atoms with E-state index in [0.29, 0.717) is 25.2 Å². The Balaban J connectivity index is 0.00000576. The molecule has 8 heteroatoms. The number of halogens is 1. The average molecular weight is 469 g/mol. The first-order valence-corrected chi connectivity index (χ1v) is 9.00.